The fourth-order valence-corrected chi connectivity index (χ4v) is 11.1. The molecule has 0 spiro atoms. The molecule has 6 heteroatoms. The first-order valence-electron chi connectivity index (χ1n) is 34.5. The molecule has 2 unspecified atom stereocenters. The molecule has 1 amide bonds. The highest BCUT2D eigenvalue weighted by molar-refractivity contribution is 5.76. The van der Waals surface area contributed by atoms with Gasteiger partial charge in [-0.05, 0) is 32.1 Å². The van der Waals surface area contributed by atoms with Crippen molar-refractivity contribution in [2.75, 3.05) is 13.2 Å². The summed E-state index contributed by atoms with van der Waals surface area (Å²) in [6.45, 7) is 4.95. The topological polar surface area (TPSA) is 95.9 Å². The van der Waals surface area contributed by atoms with E-state index in [4.69, 9.17) is 4.74 Å². The monoisotopic (exact) mass is 1060 g/mol. The number of unbranched alkanes of at least 4 members (excludes halogenated alkanes) is 54. The molecule has 0 bridgehead atoms. The second-order valence-electron chi connectivity index (χ2n) is 23.9. The van der Waals surface area contributed by atoms with Crippen LogP contribution in [0.25, 0.3) is 0 Å². The summed E-state index contributed by atoms with van der Waals surface area (Å²) < 4.78 is 5.51. The molecule has 3 N–H and O–H groups in total. The molecule has 0 saturated carbocycles. The van der Waals surface area contributed by atoms with Crippen LogP contribution in [-0.4, -0.2) is 47.4 Å². The molecule has 0 aliphatic carbocycles. The SMILES string of the molecule is CCCCCCCCCCCCCCCCCCCCC/C=C/C(O)C(CO)NC(=O)CCCCCCCCCCCCCCCCCCCCCOC(=O)CCCCCCCCCCCCCCCCCCCC. The van der Waals surface area contributed by atoms with Crippen molar-refractivity contribution in [3.05, 3.63) is 12.2 Å². The molecular weight excluding hydrogens is 923 g/mol. The molecule has 0 radical (unpaired) electrons. The van der Waals surface area contributed by atoms with Gasteiger partial charge in [0.15, 0.2) is 0 Å². The van der Waals surface area contributed by atoms with Crippen molar-refractivity contribution in [1.29, 1.82) is 0 Å². The summed E-state index contributed by atoms with van der Waals surface area (Å²) in [4.78, 5) is 24.6. The molecule has 6 nitrogen and oxygen atoms in total. The highest BCUT2D eigenvalue weighted by atomic mass is 16.5. The number of carbonyl (C=O) groups excluding carboxylic acids is 2. The molecule has 0 aliphatic heterocycles. The van der Waals surface area contributed by atoms with E-state index in [1.807, 2.05) is 6.08 Å². The third kappa shape index (κ3) is 61.7. The fourth-order valence-electron chi connectivity index (χ4n) is 11.1. The van der Waals surface area contributed by atoms with Crippen LogP contribution in [0.5, 0.6) is 0 Å². The first kappa shape index (κ1) is 73.6. The molecule has 0 heterocycles. The average Bonchev–Trinajstić information content (AvgIpc) is 3.41. The zero-order valence-electron chi connectivity index (χ0n) is 51.1. The lowest BCUT2D eigenvalue weighted by atomic mass is 10.0. The summed E-state index contributed by atoms with van der Waals surface area (Å²) in [5.41, 5.74) is 0. The zero-order valence-corrected chi connectivity index (χ0v) is 51.1. The van der Waals surface area contributed by atoms with Crippen LogP contribution in [0, 0.1) is 0 Å². The van der Waals surface area contributed by atoms with Gasteiger partial charge >= 0.3 is 5.97 Å². The number of esters is 1. The van der Waals surface area contributed by atoms with Gasteiger partial charge in [0.2, 0.25) is 5.91 Å². The summed E-state index contributed by atoms with van der Waals surface area (Å²) >= 11 is 0. The van der Waals surface area contributed by atoms with E-state index in [1.165, 1.54) is 327 Å². The minimum Gasteiger partial charge on any atom is -0.466 e. The van der Waals surface area contributed by atoms with E-state index in [1.54, 1.807) is 6.08 Å². The van der Waals surface area contributed by atoms with E-state index < -0.39 is 12.1 Å². The Bertz CT molecular complexity index is 1130. The number of ether oxygens (including phenoxy) is 1. The lowest BCUT2D eigenvalue weighted by Crippen LogP contribution is -2.45. The van der Waals surface area contributed by atoms with Crippen molar-refractivity contribution in [3.8, 4) is 0 Å². The van der Waals surface area contributed by atoms with Gasteiger partial charge in [-0.3, -0.25) is 9.59 Å². The minimum atomic E-state index is -0.847. The number of aliphatic hydroxyl groups excluding tert-OH is 2. The Morgan fingerprint density at radius 1 is 0.360 bits per heavy atom. The Morgan fingerprint density at radius 3 is 0.907 bits per heavy atom. The van der Waals surface area contributed by atoms with Gasteiger partial charge in [0.25, 0.3) is 0 Å². The number of nitrogens with one attached hydrogen (secondary N) is 1. The van der Waals surface area contributed by atoms with Crippen LogP contribution in [0.4, 0.5) is 0 Å². The molecule has 0 fully saturated rings. The van der Waals surface area contributed by atoms with E-state index in [0.717, 1.165) is 38.5 Å². The van der Waals surface area contributed by atoms with Crippen LogP contribution < -0.4 is 5.32 Å². The molecule has 0 aliphatic rings. The first-order valence-corrected chi connectivity index (χ1v) is 34.5. The molecule has 0 aromatic rings. The van der Waals surface area contributed by atoms with Gasteiger partial charge in [-0.2, -0.15) is 0 Å². The highest BCUT2D eigenvalue weighted by Crippen LogP contribution is 2.19. The maximum absolute atomic E-state index is 12.5. The van der Waals surface area contributed by atoms with Crippen molar-refractivity contribution < 1.29 is 24.5 Å². The largest absolute Gasteiger partial charge is 0.466 e. The van der Waals surface area contributed by atoms with Gasteiger partial charge in [-0.25, -0.2) is 0 Å². The number of rotatable bonds is 65. The number of hydrogen-bond donors (Lipinski definition) is 3. The molecule has 2 atom stereocenters. The van der Waals surface area contributed by atoms with Crippen LogP contribution in [0.3, 0.4) is 0 Å². The molecule has 0 aromatic carbocycles. The summed E-state index contributed by atoms with van der Waals surface area (Å²) in [6, 6.07) is -0.630. The predicted octanol–water partition coefficient (Wildman–Crippen LogP) is 22.0. The van der Waals surface area contributed by atoms with Crippen molar-refractivity contribution in [3.63, 3.8) is 0 Å². The number of hydrogen-bond acceptors (Lipinski definition) is 5. The molecule has 446 valence electrons. The second-order valence-corrected chi connectivity index (χ2v) is 23.9. The Hall–Kier alpha value is -1.40. The normalized spacial score (nSPS) is 12.5. The second kappa shape index (κ2) is 65.1. The quantitative estimate of drug-likeness (QED) is 0.0320. The lowest BCUT2D eigenvalue weighted by Gasteiger charge is -2.20. The van der Waals surface area contributed by atoms with E-state index in [9.17, 15) is 19.8 Å². The number of aliphatic hydroxyl groups is 2. The van der Waals surface area contributed by atoms with Gasteiger partial charge < -0.3 is 20.3 Å². The van der Waals surface area contributed by atoms with Crippen LogP contribution in [0.1, 0.15) is 393 Å². The van der Waals surface area contributed by atoms with Crippen molar-refractivity contribution in [2.24, 2.45) is 0 Å². The maximum atomic E-state index is 12.5. The third-order valence-corrected chi connectivity index (χ3v) is 16.3. The van der Waals surface area contributed by atoms with Crippen molar-refractivity contribution >= 4 is 11.9 Å². The summed E-state index contributed by atoms with van der Waals surface area (Å²) in [7, 11) is 0. The van der Waals surface area contributed by atoms with Gasteiger partial charge in [-0.1, -0.05) is 360 Å². The minimum absolute atomic E-state index is 0.0139. The van der Waals surface area contributed by atoms with Crippen molar-refractivity contribution in [1.82, 2.24) is 5.32 Å². The predicted molar refractivity (Wildman–Crippen MR) is 329 cm³/mol. The van der Waals surface area contributed by atoms with E-state index >= 15 is 0 Å². The van der Waals surface area contributed by atoms with Gasteiger partial charge in [0.1, 0.15) is 0 Å². The molecule has 75 heavy (non-hydrogen) atoms. The Labute approximate surface area is 469 Å². The van der Waals surface area contributed by atoms with Crippen LogP contribution in [-0.2, 0) is 14.3 Å². The van der Waals surface area contributed by atoms with Crippen LogP contribution >= 0.6 is 0 Å². The maximum Gasteiger partial charge on any atom is 0.305 e. The number of allylic oxidation sites excluding steroid dienone is 1. The van der Waals surface area contributed by atoms with Crippen molar-refractivity contribution in [2.45, 2.75) is 405 Å². The van der Waals surface area contributed by atoms with Gasteiger partial charge in [-0.15, -0.1) is 0 Å². The average molecular weight is 1060 g/mol. The first-order chi connectivity index (χ1) is 37.0. The summed E-state index contributed by atoms with van der Waals surface area (Å²) in [5.74, 6) is -0.0523. The smallest absolute Gasteiger partial charge is 0.305 e. The molecular formula is C69H135NO5. The summed E-state index contributed by atoms with van der Waals surface area (Å²) in [5, 5.41) is 23.2. The standard InChI is InChI=1S/C69H135NO5/c1-3-5-7-9-11-13-15-17-19-21-23-24-26-29-33-37-41-45-49-53-57-61-67(72)66(65-71)70-68(73)62-58-54-50-46-42-38-34-30-27-25-28-32-36-40-44-48-52-56-60-64-75-69(74)63-59-55-51-47-43-39-35-31-22-20-18-16-14-12-10-8-6-4-2/h57,61,66-67,71-72H,3-56,58-60,62-65H2,1-2H3,(H,70,73)/b61-57+. The zero-order chi connectivity index (χ0) is 54.3. The van der Waals surface area contributed by atoms with Gasteiger partial charge in [0.05, 0.1) is 25.4 Å². The van der Waals surface area contributed by atoms with Crippen LogP contribution in [0.15, 0.2) is 12.2 Å². The Balaban J connectivity index is 3.40. The molecule has 0 aromatic heterocycles. The summed E-state index contributed by atoms with van der Waals surface area (Å²) in [6.07, 6.45) is 79.9. The van der Waals surface area contributed by atoms with Gasteiger partial charge in [0, 0.05) is 12.8 Å². The highest BCUT2D eigenvalue weighted by Gasteiger charge is 2.18. The fraction of sp³-hybridized carbons (Fsp3) is 0.942. The Morgan fingerprint density at radius 2 is 0.613 bits per heavy atom. The van der Waals surface area contributed by atoms with E-state index in [2.05, 4.69) is 19.2 Å². The van der Waals surface area contributed by atoms with Crippen LogP contribution in [0.2, 0.25) is 0 Å². The van der Waals surface area contributed by atoms with E-state index in [0.29, 0.717) is 19.4 Å². The molecule has 0 saturated heterocycles. The molecule has 0 rings (SSSR count). The lowest BCUT2D eigenvalue weighted by molar-refractivity contribution is -0.143. The Kier molecular flexibility index (Phi) is 63.9. The van der Waals surface area contributed by atoms with E-state index in [-0.39, 0.29) is 18.5 Å². The third-order valence-electron chi connectivity index (χ3n) is 16.3. The number of amides is 1. The number of carbonyl (C=O) groups is 2.